The fraction of sp³-hybridized carbons (Fsp3) is 0.435. The molecule has 3 aliphatic rings. The van der Waals surface area contributed by atoms with E-state index in [0.29, 0.717) is 24.3 Å². The van der Waals surface area contributed by atoms with Crippen LogP contribution in [0.3, 0.4) is 0 Å². The number of amides is 1. The van der Waals surface area contributed by atoms with Crippen LogP contribution < -0.4 is 4.74 Å². The summed E-state index contributed by atoms with van der Waals surface area (Å²) in [5.74, 6) is 2.47. The molecule has 2 aliphatic heterocycles. The van der Waals surface area contributed by atoms with E-state index in [1.807, 2.05) is 18.2 Å². The van der Waals surface area contributed by atoms with Gasteiger partial charge in [0.25, 0.3) is 0 Å². The highest BCUT2D eigenvalue weighted by atomic mass is 16.5. The molecule has 134 valence electrons. The number of carbonyl (C=O) groups is 1. The second kappa shape index (κ2) is 5.87. The van der Waals surface area contributed by atoms with Crippen LogP contribution in [-0.2, 0) is 23.4 Å². The van der Waals surface area contributed by atoms with Crippen LogP contribution in [0.25, 0.3) is 0 Å². The Balaban J connectivity index is 1.45. The van der Waals surface area contributed by atoms with Crippen LogP contribution in [0.1, 0.15) is 42.9 Å². The third kappa shape index (κ3) is 2.29. The number of carbonyl (C=O) groups excluding carboxylic acids is 1. The standard InChI is InChI=1S/C23H25NO2/c1-16-11-19-13-22(25)24-10-9-18-12-20(7-8-21(18)23(19,24)14-16)26-15-17-5-3-2-4-6-17/h2-8,12,16,19H,9-11,13-15H2,1H3/t16-,19?,23?/m1/s1. The maximum atomic E-state index is 12.6. The third-order valence-corrected chi connectivity index (χ3v) is 6.62. The molecule has 1 saturated heterocycles. The summed E-state index contributed by atoms with van der Waals surface area (Å²) in [6, 6.07) is 16.8. The maximum absolute atomic E-state index is 12.6. The van der Waals surface area contributed by atoms with Gasteiger partial charge in [-0.1, -0.05) is 43.3 Å². The average Bonchev–Trinajstić information content (AvgIpc) is 3.10. The van der Waals surface area contributed by atoms with Crippen molar-refractivity contribution in [1.29, 1.82) is 0 Å². The summed E-state index contributed by atoms with van der Waals surface area (Å²) < 4.78 is 6.04. The number of hydrogen-bond donors (Lipinski definition) is 0. The Hall–Kier alpha value is -2.29. The molecule has 1 spiro atoms. The molecule has 1 aliphatic carbocycles. The number of fused-ring (bicyclic) bond motifs is 1. The molecule has 0 aromatic heterocycles. The summed E-state index contributed by atoms with van der Waals surface area (Å²) >= 11 is 0. The number of nitrogens with zero attached hydrogens (tertiary/aromatic N) is 1. The minimum atomic E-state index is -0.0396. The summed E-state index contributed by atoms with van der Waals surface area (Å²) in [4.78, 5) is 14.8. The summed E-state index contributed by atoms with van der Waals surface area (Å²) in [5, 5.41) is 0. The number of rotatable bonds is 3. The lowest BCUT2D eigenvalue weighted by Crippen LogP contribution is -2.49. The Bertz CT molecular complexity index is 847. The monoisotopic (exact) mass is 347 g/mol. The molecule has 0 N–H and O–H groups in total. The van der Waals surface area contributed by atoms with Gasteiger partial charge in [-0.15, -0.1) is 0 Å². The van der Waals surface area contributed by atoms with Crippen LogP contribution >= 0.6 is 0 Å². The van der Waals surface area contributed by atoms with Crippen LogP contribution in [0, 0.1) is 11.8 Å². The number of benzene rings is 2. The number of ether oxygens (including phenoxy) is 1. The first-order valence-corrected chi connectivity index (χ1v) is 9.77. The minimum Gasteiger partial charge on any atom is -0.489 e. The molecule has 2 unspecified atom stereocenters. The molecule has 2 fully saturated rings. The van der Waals surface area contributed by atoms with E-state index in [2.05, 4.69) is 42.2 Å². The summed E-state index contributed by atoms with van der Waals surface area (Å²) in [6.07, 6.45) is 3.96. The molecule has 26 heavy (non-hydrogen) atoms. The predicted molar refractivity (Wildman–Crippen MR) is 101 cm³/mol. The molecule has 3 heteroatoms. The average molecular weight is 347 g/mol. The first kappa shape index (κ1) is 15.9. The van der Waals surface area contributed by atoms with Gasteiger partial charge >= 0.3 is 0 Å². The van der Waals surface area contributed by atoms with Gasteiger partial charge in [-0.05, 0) is 59.9 Å². The zero-order chi connectivity index (χ0) is 17.7. The second-order valence-electron chi connectivity index (χ2n) is 8.26. The fourth-order valence-electron chi connectivity index (χ4n) is 5.65. The molecule has 2 aromatic rings. The van der Waals surface area contributed by atoms with E-state index in [1.54, 1.807) is 0 Å². The topological polar surface area (TPSA) is 29.5 Å². The molecule has 3 atom stereocenters. The van der Waals surface area contributed by atoms with Crippen LogP contribution in [-0.4, -0.2) is 17.4 Å². The van der Waals surface area contributed by atoms with Gasteiger partial charge in [0.15, 0.2) is 0 Å². The van der Waals surface area contributed by atoms with E-state index >= 15 is 0 Å². The van der Waals surface area contributed by atoms with Crippen molar-refractivity contribution in [2.75, 3.05) is 6.54 Å². The van der Waals surface area contributed by atoms with E-state index in [-0.39, 0.29) is 5.54 Å². The smallest absolute Gasteiger partial charge is 0.223 e. The molecular formula is C23H25NO2. The van der Waals surface area contributed by atoms with Crippen molar-refractivity contribution < 1.29 is 9.53 Å². The SMILES string of the molecule is C[C@@H]1CC2CC(=O)N3CCc4cc(OCc5ccccc5)ccc4C23C1. The van der Waals surface area contributed by atoms with E-state index in [0.717, 1.165) is 31.6 Å². The first-order chi connectivity index (χ1) is 12.7. The summed E-state index contributed by atoms with van der Waals surface area (Å²) in [7, 11) is 0. The van der Waals surface area contributed by atoms with Gasteiger partial charge in [-0.25, -0.2) is 0 Å². The quantitative estimate of drug-likeness (QED) is 0.829. The van der Waals surface area contributed by atoms with E-state index < -0.39 is 0 Å². The second-order valence-corrected chi connectivity index (χ2v) is 8.26. The number of hydrogen-bond acceptors (Lipinski definition) is 2. The van der Waals surface area contributed by atoms with Crippen LogP contribution in [0.15, 0.2) is 48.5 Å². The molecule has 0 radical (unpaired) electrons. The molecule has 1 amide bonds. The van der Waals surface area contributed by atoms with Gasteiger partial charge in [0.2, 0.25) is 5.91 Å². The molecule has 5 rings (SSSR count). The zero-order valence-corrected chi connectivity index (χ0v) is 15.3. The van der Waals surface area contributed by atoms with Crippen LogP contribution in [0.4, 0.5) is 0 Å². The highest BCUT2D eigenvalue weighted by Gasteiger charge is 2.59. The van der Waals surface area contributed by atoms with Gasteiger partial charge < -0.3 is 9.64 Å². The van der Waals surface area contributed by atoms with Crippen molar-refractivity contribution in [2.24, 2.45) is 11.8 Å². The Morgan fingerprint density at radius 3 is 2.88 bits per heavy atom. The van der Waals surface area contributed by atoms with E-state index in [9.17, 15) is 4.79 Å². The van der Waals surface area contributed by atoms with Crippen LogP contribution in [0.2, 0.25) is 0 Å². The maximum Gasteiger partial charge on any atom is 0.223 e. The van der Waals surface area contributed by atoms with Crippen molar-refractivity contribution in [3.63, 3.8) is 0 Å². The van der Waals surface area contributed by atoms with Gasteiger partial charge in [0, 0.05) is 13.0 Å². The highest BCUT2D eigenvalue weighted by molar-refractivity contribution is 5.82. The Morgan fingerprint density at radius 2 is 2.04 bits per heavy atom. The predicted octanol–water partition coefficient (Wildman–Crippen LogP) is 4.30. The van der Waals surface area contributed by atoms with Gasteiger partial charge in [-0.3, -0.25) is 4.79 Å². The lowest BCUT2D eigenvalue weighted by molar-refractivity contribution is -0.132. The van der Waals surface area contributed by atoms with Crippen LogP contribution in [0.5, 0.6) is 5.75 Å². The van der Waals surface area contributed by atoms with E-state index in [4.69, 9.17) is 4.74 Å². The molecule has 1 saturated carbocycles. The van der Waals surface area contributed by atoms with E-state index in [1.165, 1.54) is 23.1 Å². The largest absolute Gasteiger partial charge is 0.489 e. The minimum absolute atomic E-state index is 0.0396. The van der Waals surface area contributed by atoms with Gasteiger partial charge in [0.05, 0.1) is 5.54 Å². The Morgan fingerprint density at radius 1 is 1.19 bits per heavy atom. The molecular weight excluding hydrogens is 322 g/mol. The Labute approximate surface area is 155 Å². The van der Waals surface area contributed by atoms with Crippen molar-refractivity contribution in [2.45, 2.75) is 44.8 Å². The third-order valence-electron chi connectivity index (χ3n) is 6.62. The Kier molecular flexibility index (Phi) is 3.59. The van der Waals surface area contributed by atoms with Crippen molar-refractivity contribution >= 4 is 5.91 Å². The fourth-order valence-corrected chi connectivity index (χ4v) is 5.65. The van der Waals surface area contributed by atoms with Crippen molar-refractivity contribution in [3.8, 4) is 5.75 Å². The zero-order valence-electron chi connectivity index (χ0n) is 15.3. The summed E-state index contributed by atoms with van der Waals surface area (Å²) in [6.45, 7) is 3.79. The lowest BCUT2D eigenvalue weighted by Gasteiger charge is -2.44. The van der Waals surface area contributed by atoms with Gasteiger partial charge in [-0.2, -0.15) is 0 Å². The molecule has 2 heterocycles. The lowest BCUT2D eigenvalue weighted by atomic mass is 9.76. The van der Waals surface area contributed by atoms with Crippen molar-refractivity contribution in [3.05, 3.63) is 65.2 Å². The van der Waals surface area contributed by atoms with Crippen molar-refractivity contribution in [1.82, 2.24) is 4.90 Å². The summed E-state index contributed by atoms with van der Waals surface area (Å²) in [5.41, 5.74) is 3.90. The normalized spacial score (nSPS) is 29.3. The molecule has 3 nitrogen and oxygen atoms in total. The molecule has 0 bridgehead atoms. The highest BCUT2D eigenvalue weighted by Crippen LogP contribution is 2.58. The first-order valence-electron chi connectivity index (χ1n) is 9.77. The van der Waals surface area contributed by atoms with Gasteiger partial charge in [0.1, 0.15) is 12.4 Å². The molecule has 2 aromatic carbocycles.